The van der Waals surface area contributed by atoms with Crippen LogP contribution >= 0.6 is 0 Å². The normalized spacial score (nSPS) is 11.9. The molecule has 2 rings (SSSR count). The third kappa shape index (κ3) is 3.54. The van der Waals surface area contributed by atoms with Crippen LogP contribution in [0.2, 0.25) is 0 Å². The van der Waals surface area contributed by atoms with Crippen LogP contribution in [0.5, 0.6) is 0 Å². The molecule has 100 valence electrons. The van der Waals surface area contributed by atoms with Gasteiger partial charge in [0.05, 0.1) is 12.1 Å². The molecule has 0 saturated carbocycles. The van der Waals surface area contributed by atoms with Crippen LogP contribution in [-0.2, 0) is 6.54 Å². The third-order valence-electron chi connectivity index (χ3n) is 2.68. The molecule has 0 aliphatic rings. The van der Waals surface area contributed by atoms with E-state index in [1.165, 1.54) is 0 Å². The van der Waals surface area contributed by atoms with Gasteiger partial charge in [-0.1, -0.05) is 0 Å². The minimum absolute atomic E-state index is 0.00335. The van der Waals surface area contributed by atoms with Crippen LogP contribution < -0.4 is 10.6 Å². The molecule has 0 spiro atoms. The monoisotopic (exact) mass is 259 g/mol. The van der Waals surface area contributed by atoms with Gasteiger partial charge in [0, 0.05) is 31.7 Å². The summed E-state index contributed by atoms with van der Waals surface area (Å²) in [5.74, 6) is 0.607. The molecule has 0 aliphatic heterocycles. The summed E-state index contributed by atoms with van der Waals surface area (Å²) < 4.78 is 1.79. The first-order valence-corrected chi connectivity index (χ1v) is 6.11. The Bertz CT molecular complexity index is 520. The molecule has 6 nitrogen and oxygen atoms in total. The highest BCUT2D eigenvalue weighted by atomic mass is 16.1. The van der Waals surface area contributed by atoms with Crippen molar-refractivity contribution in [2.24, 2.45) is 0 Å². The van der Waals surface area contributed by atoms with Crippen molar-refractivity contribution in [1.82, 2.24) is 20.1 Å². The minimum atomic E-state index is -0.130. The average Bonchev–Trinajstić information content (AvgIpc) is 2.91. The highest BCUT2D eigenvalue weighted by molar-refractivity contribution is 5.94. The van der Waals surface area contributed by atoms with Gasteiger partial charge >= 0.3 is 0 Å². The second kappa shape index (κ2) is 5.99. The van der Waals surface area contributed by atoms with Crippen LogP contribution in [-0.4, -0.2) is 33.8 Å². The van der Waals surface area contributed by atoms with Crippen LogP contribution in [0.25, 0.3) is 0 Å². The predicted molar refractivity (Wildman–Crippen MR) is 72.9 cm³/mol. The molecular formula is C13H17N5O. The van der Waals surface area contributed by atoms with Gasteiger partial charge in [-0.2, -0.15) is 5.10 Å². The Kier molecular flexibility index (Phi) is 4.12. The van der Waals surface area contributed by atoms with E-state index in [2.05, 4.69) is 20.7 Å². The molecule has 0 unspecified atom stereocenters. The maximum absolute atomic E-state index is 12.0. The van der Waals surface area contributed by atoms with Crippen LogP contribution in [0.1, 0.15) is 17.3 Å². The number of amides is 1. The average molecular weight is 259 g/mol. The lowest BCUT2D eigenvalue weighted by Gasteiger charge is -2.14. The Morgan fingerprint density at radius 1 is 1.47 bits per heavy atom. The van der Waals surface area contributed by atoms with Crippen molar-refractivity contribution in [2.45, 2.75) is 19.5 Å². The molecule has 0 aromatic carbocycles. The van der Waals surface area contributed by atoms with Crippen molar-refractivity contribution in [2.75, 3.05) is 12.4 Å². The quantitative estimate of drug-likeness (QED) is 0.844. The number of hydrogen-bond acceptors (Lipinski definition) is 4. The Labute approximate surface area is 111 Å². The molecule has 0 fully saturated rings. The zero-order valence-corrected chi connectivity index (χ0v) is 11.0. The smallest absolute Gasteiger partial charge is 0.253 e. The Morgan fingerprint density at radius 2 is 2.32 bits per heavy atom. The molecule has 19 heavy (non-hydrogen) atoms. The Morgan fingerprint density at radius 3 is 2.89 bits per heavy atom. The van der Waals surface area contributed by atoms with Crippen molar-refractivity contribution >= 4 is 11.7 Å². The number of aromatic nitrogens is 3. The van der Waals surface area contributed by atoms with Gasteiger partial charge < -0.3 is 10.6 Å². The van der Waals surface area contributed by atoms with Gasteiger partial charge in [-0.05, 0) is 25.1 Å². The number of pyridine rings is 1. The number of carbonyl (C=O) groups is 1. The van der Waals surface area contributed by atoms with E-state index in [0.717, 1.165) is 5.82 Å². The van der Waals surface area contributed by atoms with Gasteiger partial charge in [0.25, 0.3) is 5.91 Å². The van der Waals surface area contributed by atoms with Gasteiger partial charge in [0.15, 0.2) is 0 Å². The number of anilines is 1. The fourth-order valence-corrected chi connectivity index (χ4v) is 1.72. The Balaban J connectivity index is 1.92. The fraction of sp³-hybridized carbons (Fsp3) is 0.308. The first-order valence-electron chi connectivity index (χ1n) is 6.11. The van der Waals surface area contributed by atoms with E-state index in [0.29, 0.717) is 12.1 Å². The number of nitrogens with zero attached hydrogens (tertiary/aromatic N) is 3. The zero-order chi connectivity index (χ0) is 13.7. The molecule has 2 heterocycles. The fourth-order valence-electron chi connectivity index (χ4n) is 1.72. The lowest BCUT2D eigenvalue weighted by molar-refractivity contribution is 0.0935. The van der Waals surface area contributed by atoms with E-state index >= 15 is 0 Å². The highest BCUT2D eigenvalue weighted by Gasteiger charge is 2.10. The second-order valence-electron chi connectivity index (χ2n) is 4.28. The van der Waals surface area contributed by atoms with E-state index in [-0.39, 0.29) is 11.9 Å². The maximum Gasteiger partial charge on any atom is 0.253 e. The van der Waals surface area contributed by atoms with Crippen LogP contribution in [0, 0.1) is 0 Å². The Hall–Kier alpha value is -2.37. The van der Waals surface area contributed by atoms with Crippen LogP contribution in [0.4, 0.5) is 5.82 Å². The third-order valence-corrected chi connectivity index (χ3v) is 2.68. The first-order chi connectivity index (χ1) is 9.19. The largest absolute Gasteiger partial charge is 0.373 e. The van der Waals surface area contributed by atoms with E-state index < -0.39 is 0 Å². The summed E-state index contributed by atoms with van der Waals surface area (Å²) >= 11 is 0. The summed E-state index contributed by atoms with van der Waals surface area (Å²) in [6.45, 7) is 2.58. The molecule has 0 aliphatic carbocycles. The predicted octanol–water partition coefficient (Wildman–Crippen LogP) is 1.14. The maximum atomic E-state index is 12.0. The molecule has 6 heteroatoms. The van der Waals surface area contributed by atoms with Gasteiger partial charge in [0.1, 0.15) is 5.82 Å². The summed E-state index contributed by atoms with van der Waals surface area (Å²) in [7, 11) is 1.79. The van der Waals surface area contributed by atoms with Crippen molar-refractivity contribution in [1.29, 1.82) is 0 Å². The number of rotatable bonds is 5. The van der Waals surface area contributed by atoms with Crippen molar-refractivity contribution in [3.63, 3.8) is 0 Å². The number of nitrogens with one attached hydrogen (secondary N) is 2. The molecule has 2 N–H and O–H groups in total. The SMILES string of the molecule is CNc1ccc(C(=O)N[C@@H](C)Cn2cccn2)cn1. The minimum Gasteiger partial charge on any atom is -0.373 e. The molecule has 2 aromatic heterocycles. The zero-order valence-electron chi connectivity index (χ0n) is 11.0. The standard InChI is InChI=1S/C13H17N5O/c1-10(9-18-7-3-6-16-18)17-13(19)11-4-5-12(14-2)15-8-11/h3-8,10H,9H2,1-2H3,(H,14,15)(H,17,19)/t10-/m0/s1. The molecular weight excluding hydrogens is 242 g/mol. The first kappa shape index (κ1) is 13.1. The van der Waals surface area contributed by atoms with E-state index in [9.17, 15) is 4.79 Å². The molecule has 0 saturated heterocycles. The molecule has 0 radical (unpaired) electrons. The molecule has 0 bridgehead atoms. The van der Waals surface area contributed by atoms with Crippen molar-refractivity contribution < 1.29 is 4.79 Å². The van der Waals surface area contributed by atoms with Gasteiger partial charge in [-0.15, -0.1) is 0 Å². The lowest BCUT2D eigenvalue weighted by atomic mass is 10.2. The summed E-state index contributed by atoms with van der Waals surface area (Å²) in [6.07, 6.45) is 5.14. The summed E-state index contributed by atoms with van der Waals surface area (Å²) in [4.78, 5) is 16.1. The van der Waals surface area contributed by atoms with Crippen molar-refractivity contribution in [3.8, 4) is 0 Å². The van der Waals surface area contributed by atoms with Gasteiger partial charge in [-0.25, -0.2) is 4.98 Å². The number of carbonyl (C=O) groups excluding carboxylic acids is 1. The summed E-state index contributed by atoms with van der Waals surface area (Å²) in [6, 6.07) is 5.37. The second-order valence-corrected chi connectivity index (χ2v) is 4.28. The van der Waals surface area contributed by atoms with Gasteiger partial charge in [-0.3, -0.25) is 9.48 Å². The van der Waals surface area contributed by atoms with Crippen LogP contribution in [0.3, 0.4) is 0 Å². The van der Waals surface area contributed by atoms with Gasteiger partial charge in [0.2, 0.25) is 0 Å². The van der Waals surface area contributed by atoms with E-state index in [1.807, 2.05) is 19.2 Å². The molecule has 1 atom stereocenters. The number of hydrogen-bond donors (Lipinski definition) is 2. The lowest BCUT2D eigenvalue weighted by Crippen LogP contribution is -2.35. The van der Waals surface area contributed by atoms with E-state index in [4.69, 9.17) is 0 Å². The summed E-state index contributed by atoms with van der Waals surface area (Å²) in [5, 5.41) is 9.92. The molecule has 2 aromatic rings. The van der Waals surface area contributed by atoms with E-state index in [1.54, 1.807) is 36.3 Å². The summed E-state index contributed by atoms with van der Waals surface area (Å²) in [5.41, 5.74) is 0.548. The van der Waals surface area contributed by atoms with Crippen LogP contribution in [0.15, 0.2) is 36.8 Å². The molecule has 1 amide bonds. The van der Waals surface area contributed by atoms with Crippen molar-refractivity contribution in [3.05, 3.63) is 42.4 Å². The highest BCUT2D eigenvalue weighted by Crippen LogP contribution is 2.04. The topological polar surface area (TPSA) is 71.8 Å².